The summed E-state index contributed by atoms with van der Waals surface area (Å²) in [6.07, 6.45) is 2.14. The molecule has 1 aromatic heterocycles. The van der Waals surface area contributed by atoms with E-state index in [-0.39, 0.29) is 0 Å². The number of anilines is 1. The molecule has 1 atom stereocenters. The Hall–Kier alpha value is -1.20. The number of aryl methyl sites for hydroxylation is 2. The van der Waals surface area contributed by atoms with Gasteiger partial charge in [0, 0.05) is 37.9 Å². The van der Waals surface area contributed by atoms with Gasteiger partial charge >= 0.3 is 0 Å². The summed E-state index contributed by atoms with van der Waals surface area (Å²) in [5.41, 5.74) is 6.88. The van der Waals surface area contributed by atoms with Crippen LogP contribution in [0, 0.1) is 12.8 Å². The maximum atomic E-state index is 5.74. The fourth-order valence-corrected chi connectivity index (χ4v) is 2.85. The van der Waals surface area contributed by atoms with Gasteiger partial charge in [-0.2, -0.15) is 0 Å². The quantitative estimate of drug-likeness (QED) is 0.890. The molecular formula is C16H29N5. The van der Waals surface area contributed by atoms with Crippen LogP contribution in [0.4, 0.5) is 5.82 Å². The minimum atomic E-state index is 0.574. The molecule has 1 unspecified atom stereocenters. The smallest absolute Gasteiger partial charge is 0.132 e. The van der Waals surface area contributed by atoms with Crippen molar-refractivity contribution in [2.24, 2.45) is 11.7 Å². The predicted octanol–water partition coefficient (Wildman–Crippen LogP) is 1.45. The molecule has 2 rings (SSSR count). The van der Waals surface area contributed by atoms with E-state index < -0.39 is 0 Å². The highest BCUT2D eigenvalue weighted by atomic mass is 15.3. The lowest BCUT2D eigenvalue weighted by atomic mass is 10.1. The van der Waals surface area contributed by atoms with Crippen LogP contribution in [0.15, 0.2) is 6.07 Å². The summed E-state index contributed by atoms with van der Waals surface area (Å²) >= 11 is 0. The van der Waals surface area contributed by atoms with E-state index in [9.17, 15) is 0 Å². The molecule has 0 aliphatic carbocycles. The van der Waals surface area contributed by atoms with Crippen molar-refractivity contribution in [3.8, 4) is 0 Å². The van der Waals surface area contributed by atoms with Gasteiger partial charge in [0.1, 0.15) is 11.6 Å². The molecule has 1 saturated heterocycles. The summed E-state index contributed by atoms with van der Waals surface area (Å²) in [7, 11) is 0. The third-order valence-electron chi connectivity index (χ3n) is 4.12. The van der Waals surface area contributed by atoms with E-state index in [2.05, 4.69) is 39.7 Å². The molecule has 0 spiro atoms. The van der Waals surface area contributed by atoms with Crippen LogP contribution in [-0.4, -0.2) is 54.1 Å². The van der Waals surface area contributed by atoms with Crippen LogP contribution in [0.1, 0.15) is 31.8 Å². The Morgan fingerprint density at radius 3 is 2.76 bits per heavy atom. The second-order valence-corrected chi connectivity index (χ2v) is 6.10. The maximum Gasteiger partial charge on any atom is 0.132 e. The van der Waals surface area contributed by atoms with Crippen molar-refractivity contribution in [3.63, 3.8) is 0 Å². The Morgan fingerprint density at radius 1 is 1.24 bits per heavy atom. The molecule has 0 saturated carbocycles. The first-order valence-corrected chi connectivity index (χ1v) is 8.14. The normalized spacial score (nSPS) is 18.6. The SMILES string of the molecule is CCc1cc(N2CCCN(CC(C)CN)CC2)nc(C)n1. The van der Waals surface area contributed by atoms with Crippen molar-refractivity contribution >= 4 is 5.82 Å². The second kappa shape index (κ2) is 7.71. The summed E-state index contributed by atoms with van der Waals surface area (Å²) in [5, 5.41) is 0. The average Bonchev–Trinajstić information content (AvgIpc) is 2.72. The standard InChI is InChI=1S/C16H29N5/c1-4-15-10-16(19-14(3)18-15)21-7-5-6-20(8-9-21)12-13(2)11-17/h10,13H,4-9,11-12,17H2,1-3H3. The maximum absolute atomic E-state index is 5.74. The van der Waals surface area contributed by atoms with Gasteiger partial charge < -0.3 is 15.5 Å². The lowest BCUT2D eigenvalue weighted by Gasteiger charge is -2.24. The fraction of sp³-hybridized carbons (Fsp3) is 0.750. The zero-order chi connectivity index (χ0) is 15.2. The molecule has 21 heavy (non-hydrogen) atoms. The third-order valence-corrected chi connectivity index (χ3v) is 4.12. The highest BCUT2D eigenvalue weighted by molar-refractivity contribution is 5.40. The van der Waals surface area contributed by atoms with Crippen LogP contribution in [0.5, 0.6) is 0 Å². The summed E-state index contributed by atoms with van der Waals surface area (Å²) < 4.78 is 0. The zero-order valence-electron chi connectivity index (χ0n) is 13.7. The largest absolute Gasteiger partial charge is 0.355 e. The van der Waals surface area contributed by atoms with E-state index in [1.54, 1.807) is 0 Å². The van der Waals surface area contributed by atoms with E-state index in [1.807, 2.05) is 6.92 Å². The molecule has 2 heterocycles. The molecule has 0 bridgehead atoms. The molecule has 1 fully saturated rings. The first-order chi connectivity index (χ1) is 10.1. The minimum absolute atomic E-state index is 0.574. The molecule has 1 aromatic rings. The molecule has 1 aliphatic rings. The van der Waals surface area contributed by atoms with E-state index in [1.165, 1.54) is 6.42 Å². The number of nitrogens with zero attached hydrogens (tertiary/aromatic N) is 4. The Balaban J connectivity index is 2.01. The predicted molar refractivity (Wildman–Crippen MR) is 87.6 cm³/mol. The van der Waals surface area contributed by atoms with Gasteiger partial charge in [-0.3, -0.25) is 0 Å². The van der Waals surface area contributed by atoms with Gasteiger partial charge in [-0.15, -0.1) is 0 Å². The van der Waals surface area contributed by atoms with Crippen molar-refractivity contribution in [2.45, 2.75) is 33.6 Å². The van der Waals surface area contributed by atoms with Gasteiger partial charge in [0.05, 0.1) is 0 Å². The summed E-state index contributed by atoms with van der Waals surface area (Å²) in [6, 6.07) is 2.14. The molecule has 0 aromatic carbocycles. The number of rotatable bonds is 5. The van der Waals surface area contributed by atoms with Crippen molar-refractivity contribution in [2.75, 3.05) is 44.2 Å². The zero-order valence-corrected chi connectivity index (χ0v) is 13.7. The first kappa shape index (κ1) is 16.2. The average molecular weight is 291 g/mol. The Bertz CT molecular complexity index is 448. The topological polar surface area (TPSA) is 58.3 Å². The molecule has 0 radical (unpaired) electrons. The number of hydrogen-bond acceptors (Lipinski definition) is 5. The van der Waals surface area contributed by atoms with Crippen LogP contribution in [0.3, 0.4) is 0 Å². The van der Waals surface area contributed by atoms with E-state index in [0.717, 1.165) is 63.0 Å². The Kier molecular flexibility index (Phi) is 5.94. The molecule has 0 amide bonds. The Labute approximate surface area is 128 Å². The highest BCUT2D eigenvalue weighted by Crippen LogP contribution is 2.16. The number of nitrogens with two attached hydrogens (primary N) is 1. The van der Waals surface area contributed by atoms with Gasteiger partial charge in [0.15, 0.2) is 0 Å². The van der Waals surface area contributed by atoms with Crippen molar-refractivity contribution in [1.82, 2.24) is 14.9 Å². The minimum Gasteiger partial charge on any atom is -0.355 e. The van der Waals surface area contributed by atoms with Crippen molar-refractivity contribution in [3.05, 3.63) is 17.6 Å². The van der Waals surface area contributed by atoms with Gasteiger partial charge in [-0.25, -0.2) is 9.97 Å². The lowest BCUT2D eigenvalue weighted by molar-refractivity contribution is 0.255. The van der Waals surface area contributed by atoms with Crippen LogP contribution >= 0.6 is 0 Å². The van der Waals surface area contributed by atoms with Gasteiger partial charge in [-0.05, 0) is 38.8 Å². The molecule has 2 N–H and O–H groups in total. The summed E-state index contributed by atoms with van der Waals surface area (Å²) in [4.78, 5) is 14.0. The van der Waals surface area contributed by atoms with Crippen LogP contribution in [-0.2, 0) is 6.42 Å². The fourth-order valence-electron chi connectivity index (χ4n) is 2.85. The molecule has 118 valence electrons. The Morgan fingerprint density at radius 2 is 2.05 bits per heavy atom. The summed E-state index contributed by atoms with van der Waals surface area (Å²) in [6.45, 7) is 12.6. The highest BCUT2D eigenvalue weighted by Gasteiger charge is 2.18. The van der Waals surface area contributed by atoms with Crippen LogP contribution < -0.4 is 10.6 Å². The number of aromatic nitrogens is 2. The second-order valence-electron chi connectivity index (χ2n) is 6.10. The van der Waals surface area contributed by atoms with E-state index in [0.29, 0.717) is 5.92 Å². The van der Waals surface area contributed by atoms with Crippen molar-refractivity contribution < 1.29 is 0 Å². The molecular weight excluding hydrogens is 262 g/mol. The van der Waals surface area contributed by atoms with Gasteiger partial charge in [0.2, 0.25) is 0 Å². The lowest BCUT2D eigenvalue weighted by Crippen LogP contribution is -2.35. The van der Waals surface area contributed by atoms with Crippen LogP contribution in [0.25, 0.3) is 0 Å². The van der Waals surface area contributed by atoms with Gasteiger partial charge in [-0.1, -0.05) is 13.8 Å². The molecule has 5 nitrogen and oxygen atoms in total. The monoisotopic (exact) mass is 291 g/mol. The summed E-state index contributed by atoms with van der Waals surface area (Å²) in [5.74, 6) is 2.54. The van der Waals surface area contributed by atoms with E-state index in [4.69, 9.17) is 5.73 Å². The molecule has 5 heteroatoms. The van der Waals surface area contributed by atoms with Crippen molar-refractivity contribution in [1.29, 1.82) is 0 Å². The van der Waals surface area contributed by atoms with Gasteiger partial charge in [0.25, 0.3) is 0 Å². The number of hydrogen-bond donors (Lipinski definition) is 1. The van der Waals surface area contributed by atoms with E-state index >= 15 is 0 Å². The molecule has 1 aliphatic heterocycles. The third kappa shape index (κ3) is 4.64. The first-order valence-electron chi connectivity index (χ1n) is 8.14. The van der Waals surface area contributed by atoms with Crippen LogP contribution in [0.2, 0.25) is 0 Å².